The van der Waals surface area contributed by atoms with E-state index in [1.165, 1.54) is 12.5 Å². The number of nitrogens with two attached hydrogens (primary N) is 2. The zero-order valence-electron chi connectivity index (χ0n) is 13.7. The number of ether oxygens (including phenoxy) is 1. The molecule has 1 unspecified atom stereocenters. The Bertz CT molecular complexity index is 887. The van der Waals surface area contributed by atoms with Crippen LogP contribution in [-0.4, -0.2) is 28.1 Å². The number of aromatic amines is 1. The van der Waals surface area contributed by atoms with Crippen LogP contribution in [0.5, 0.6) is 5.75 Å². The molecule has 0 saturated heterocycles. The minimum atomic E-state index is -0.597. The Morgan fingerprint density at radius 3 is 2.88 bits per heavy atom. The van der Waals surface area contributed by atoms with Crippen molar-refractivity contribution in [2.24, 2.45) is 5.73 Å². The van der Waals surface area contributed by atoms with Gasteiger partial charge in [-0.25, -0.2) is 4.98 Å². The Labute approximate surface area is 143 Å². The molecule has 3 aromatic rings. The first-order valence-corrected chi connectivity index (χ1v) is 7.53. The van der Waals surface area contributed by atoms with E-state index in [2.05, 4.69) is 20.5 Å². The summed E-state index contributed by atoms with van der Waals surface area (Å²) >= 11 is 0. The quantitative estimate of drug-likeness (QED) is 0.501. The summed E-state index contributed by atoms with van der Waals surface area (Å²) in [5.74, 6) is 0.636. The van der Waals surface area contributed by atoms with Crippen molar-refractivity contribution in [2.45, 2.75) is 13.0 Å². The summed E-state index contributed by atoms with van der Waals surface area (Å²) in [4.78, 5) is 15.8. The Morgan fingerprint density at radius 1 is 1.44 bits per heavy atom. The number of anilines is 2. The van der Waals surface area contributed by atoms with E-state index in [0.717, 1.165) is 0 Å². The highest BCUT2D eigenvalue weighted by atomic mass is 16.5. The number of nitrogens with one attached hydrogen (secondary N) is 2. The summed E-state index contributed by atoms with van der Waals surface area (Å²) in [6, 6.07) is 5.13. The number of aromatic nitrogens is 3. The fourth-order valence-corrected chi connectivity index (χ4v) is 2.44. The maximum atomic E-state index is 11.8. The number of carbonyl (C=O) groups is 1. The van der Waals surface area contributed by atoms with Gasteiger partial charge in [0, 0.05) is 12.6 Å². The number of nitrogens with zero attached hydrogens (tertiary/aromatic N) is 2. The molecule has 130 valence electrons. The van der Waals surface area contributed by atoms with Crippen molar-refractivity contribution in [3.05, 3.63) is 42.1 Å². The zero-order valence-corrected chi connectivity index (χ0v) is 13.7. The Hall–Kier alpha value is -3.49. The number of H-pyrrole nitrogens is 1. The number of rotatable bonds is 6. The third-order valence-corrected chi connectivity index (χ3v) is 3.65. The minimum Gasteiger partial charge on any atom is -0.479 e. The van der Waals surface area contributed by atoms with E-state index in [9.17, 15) is 4.79 Å². The van der Waals surface area contributed by atoms with E-state index in [4.69, 9.17) is 20.6 Å². The van der Waals surface area contributed by atoms with Crippen molar-refractivity contribution in [2.75, 3.05) is 18.1 Å². The molecule has 0 bridgehead atoms. The number of hydrogen-bond acceptors (Lipinski definition) is 7. The molecule has 0 aliphatic heterocycles. The van der Waals surface area contributed by atoms with Crippen LogP contribution in [0.15, 0.2) is 35.1 Å². The van der Waals surface area contributed by atoms with E-state index in [1.54, 1.807) is 32.2 Å². The Balaban J connectivity index is 1.97. The highest BCUT2D eigenvalue weighted by molar-refractivity contribution is 6.03. The van der Waals surface area contributed by atoms with Crippen molar-refractivity contribution in [1.82, 2.24) is 15.2 Å². The lowest BCUT2D eigenvalue weighted by Crippen LogP contribution is -2.13. The van der Waals surface area contributed by atoms with Gasteiger partial charge < -0.3 is 25.9 Å². The predicted molar refractivity (Wildman–Crippen MR) is 92.0 cm³/mol. The molecule has 2 heterocycles. The van der Waals surface area contributed by atoms with Gasteiger partial charge in [0.15, 0.2) is 11.9 Å². The van der Waals surface area contributed by atoms with Crippen LogP contribution >= 0.6 is 0 Å². The standard InChI is InChI=1S/C16H18N6O3/c1-8(16-20-5-6-24-16)25-11-7-9(3-4-10(11)17)13-12(14(18)23)15(19-2)22-21-13/h3-8H,17H2,1-2H3,(H2,18,23)(H2,19,21,22). The second kappa shape index (κ2) is 6.56. The first-order chi connectivity index (χ1) is 12.0. The molecule has 0 saturated carbocycles. The Morgan fingerprint density at radius 2 is 2.24 bits per heavy atom. The van der Waals surface area contributed by atoms with Crippen molar-refractivity contribution < 1.29 is 13.9 Å². The van der Waals surface area contributed by atoms with Crippen LogP contribution in [0.2, 0.25) is 0 Å². The van der Waals surface area contributed by atoms with Crippen LogP contribution in [0.4, 0.5) is 11.5 Å². The van der Waals surface area contributed by atoms with Gasteiger partial charge in [0.1, 0.15) is 17.6 Å². The van der Waals surface area contributed by atoms with Crippen molar-refractivity contribution >= 4 is 17.4 Å². The van der Waals surface area contributed by atoms with E-state index < -0.39 is 12.0 Å². The smallest absolute Gasteiger partial charge is 0.254 e. The minimum absolute atomic E-state index is 0.263. The van der Waals surface area contributed by atoms with Crippen LogP contribution in [0.1, 0.15) is 29.3 Å². The van der Waals surface area contributed by atoms with Gasteiger partial charge in [0.25, 0.3) is 5.91 Å². The number of primary amides is 1. The lowest BCUT2D eigenvalue weighted by atomic mass is 10.1. The van der Waals surface area contributed by atoms with Gasteiger partial charge in [-0.2, -0.15) is 5.10 Å². The second-order valence-corrected chi connectivity index (χ2v) is 5.32. The molecular weight excluding hydrogens is 324 g/mol. The van der Waals surface area contributed by atoms with Crippen molar-refractivity contribution in [1.29, 1.82) is 0 Å². The molecule has 1 amide bonds. The van der Waals surface area contributed by atoms with Crippen LogP contribution in [0.3, 0.4) is 0 Å². The molecule has 3 rings (SSSR count). The van der Waals surface area contributed by atoms with Crippen LogP contribution in [0, 0.1) is 0 Å². The van der Waals surface area contributed by atoms with Gasteiger partial charge in [-0.1, -0.05) is 6.07 Å². The predicted octanol–water partition coefficient (Wildman–Crippen LogP) is 1.93. The molecular formula is C16H18N6O3. The maximum Gasteiger partial charge on any atom is 0.254 e. The monoisotopic (exact) mass is 342 g/mol. The topological polar surface area (TPSA) is 145 Å². The first kappa shape index (κ1) is 16.4. The van der Waals surface area contributed by atoms with Gasteiger partial charge >= 0.3 is 0 Å². The second-order valence-electron chi connectivity index (χ2n) is 5.32. The molecule has 9 nitrogen and oxygen atoms in total. The number of oxazole rings is 1. The first-order valence-electron chi connectivity index (χ1n) is 7.53. The molecule has 1 atom stereocenters. The molecule has 2 aromatic heterocycles. The fraction of sp³-hybridized carbons (Fsp3) is 0.188. The van der Waals surface area contributed by atoms with Crippen LogP contribution in [0.25, 0.3) is 11.3 Å². The van der Waals surface area contributed by atoms with Crippen molar-refractivity contribution in [3.8, 4) is 17.0 Å². The number of amides is 1. The van der Waals surface area contributed by atoms with Crippen LogP contribution < -0.4 is 21.5 Å². The Kier molecular flexibility index (Phi) is 4.29. The van der Waals surface area contributed by atoms with Crippen molar-refractivity contribution in [3.63, 3.8) is 0 Å². The van der Waals surface area contributed by atoms with Gasteiger partial charge in [-0.15, -0.1) is 0 Å². The zero-order chi connectivity index (χ0) is 18.0. The highest BCUT2D eigenvalue weighted by Crippen LogP contribution is 2.33. The molecule has 0 aliphatic carbocycles. The van der Waals surface area contributed by atoms with E-state index in [0.29, 0.717) is 34.4 Å². The fourth-order valence-electron chi connectivity index (χ4n) is 2.44. The third kappa shape index (κ3) is 3.11. The molecule has 0 aliphatic rings. The number of carbonyl (C=O) groups excluding carboxylic acids is 1. The highest BCUT2D eigenvalue weighted by Gasteiger charge is 2.20. The lowest BCUT2D eigenvalue weighted by molar-refractivity contribution is 0.100. The van der Waals surface area contributed by atoms with E-state index in [1.807, 2.05) is 0 Å². The maximum absolute atomic E-state index is 11.8. The normalized spacial score (nSPS) is 11.9. The summed E-state index contributed by atoms with van der Waals surface area (Å²) in [6.07, 6.45) is 2.58. The van der Waals surface area contributed by atoms with Gasteiger partial charge in [-0.05, 0) is 19.1 Å². The van der Waals surface area contributed by atoms with Gasteiger partial charge in [0.05, 0.1) is 17.6 Å². The molecule has 0 fully saturated rings. The molecule has 9 heteroatoms. The van der Waals surface area contributed by atoms with Crippen LogP contribution in [-0.2, 0) is 0 Å². The molecule has 6 N–H and O–H groups in total. The summed E-state index contributed by atoms with van der Waals surface area (Å²) < 4.78 is 11.1. The number of benzene rings is 1. The van der Waals surface area contributed by atoms with Gasteiger partial charge in [0.2, 0.25) is 5.89 Å². The van der Waals surface area contributed by atoms with E-state index in [-0.39, 0.29) is 5.56 Å². The van der Waals surface area contributed by atoms with Gasteiger partial charge in [-0.3, -0.25) is 9.89 Å². The average Bonchev–Trinajstić information content (AvgIpc) is 3.26. The third-order valence-electron chi connectivity index (χ3n) is 3.65. The largest absolute Gasteiger partial charge is 0.479 e. The SMILES string of the molecule is CNc1n[nH]c(-c2ccc(N)c(OC(C)c3ncco3)c2)c1C(N)=O. The molecule has 1 aromatic carbocycles. The molecule has 0 spiro atoms. The summed E-state index contributed by atoms with van der Waals surface area (Å²) in [6.45, 7) is 1.79. The number of nitrogen functional groups attached to an aromatic ring is 1. The molecule has 0 radical (unpaired) electrons. The lowest BCUT2D eigenvalue weighted by Gasteiger charge is -2.14. The van der Waals surface area contributed by atoms with E-state index >= 15 is 0 Å². The summed E-state index contributed by atoms with van der Waals surface area (Å²) in [5.41, 5.74) is 13.3. The summed E-state index contributed by atoms with van der Waals surface area (Å²) in [7, 11) is 1.65. The summed E-state index contributed by atoms with van der Waals surface area (Å²) in [5, 5.41) is 9.69. The molecule has 25 heavy (non-hydrogen) atoms. The average molecular weight is 342 g/mol. The number of hydrogen-bond donors (Lipinski definition) is 4.